The first-order chi connectivity index (χ1) is 18.8. The van der Waals surface area contributed by atoms with Gasteiger partial charge in [0, 0.05) is 40.0 Å². The average Bonchev–Trinajstić information content (AvgIpc) is 2.94. The number of benzene rings is 2. The Balaban J connectivity index is 1.47. The van der Waals surface area contributed by atoms with E-state index < -0.39 is 23.8 Å². The summed E-state index contributed by atoms with van der Waals surface area (Å²) in [6.07, 6.45) is 0.575. The van der Waals surface area contributed by atoms with Crippen molar-refractivity contribution in [1.82, 2.24) is 4.98 Å². The summed E-state index contributed by atoms with van der Waals surface area (Å²) in [7, 11) is 2.57. The SMILES string of the molecule is COC(=O)C1=C(COCCCOc2ccc3[nH]c(=O)ccc3c2)N=C(C)C(C(=O)OC)C1c1ccccc1Cl. The van der Waals surface area contributed by atoms with Crippen molar-refractivity contribution in [3.8, 4) is 5.75 Å². The molecule has 0 amide bonds. The molecule has 1 aliphatic rings. The zero-order valence-electron chi connectivity index (χ0n) is 21.9. The Bertz CT molecular complexity index is 1490. The Labute approximate surface area is 230 Å². The molecule has 0 spiro atoms. The number of rotatable bonds is 10. The van der Waals surface area contributed by atoms with Gasteiger partial charge in [-0.15, -0.1) is 0 Å². The highest BCUT2D eigenvalue weighted by Crippen LogP contribution is 2.42. The standard InChI is InChI=1S/C29H29ClN2O7/c1-17-25(28(34)36-2)26(20-7-4-5-8-21(20)30)27(29(35)37-3)23(31-17)16-38-13-6-14-39-19-10-11-22-18(15-19)9-12-24(33)32-22/h4-5,7-12,15,25-26H,6,13-14,16H2,1-3H3,(H,32,33). The second-order valence-corrected chi connectivity index (χ2v) is 9.34. The van der Waals surface area contributed by atoms with E-state index in [1.54, 1.807) is 49.4 Å². The van der Waals surface area contributed by atoms with Gasteiger partial charge in [0.25, 0.3) is 0 Å². The summed E-state index contributed by atoms with van der Waals surface area (Å²) in [6, 6.07) is 15.7. The number of nitrogens with zero attached hydrogens (tertiary/aromatic N) is 1. The van der Waals surface area contributed by atoms with E-state index in [0.29, 0.717) is 47.4 Å². The third-order valence-corrected chi connectivity index (χ3v) is 6.80. The first-order valence-electron chi connectivity index (χ1n) is 12.4. The molecule has 0 fully saturated rings. The fraction of sp³-hybridized carbons (Fsp3) is 0.310. The number of H-pyrrole nitrogens is 1. The van der Waals surface area contributed by atoms with Crippen molar-refractivity contribution < 1.29 is 28.5 Å². The molecule has 1 N–H and O–H groups in total. The molecule has 2 heterocycles. The fourth-order valence-corrected chi connectivity index (χ4v) is 4.89. The molecule has 0 saturated heterocycles. The second-order valence-electron chi connectivity index (χ2n) is 8.93. The monoisotopic (exact) mass is 552 g/mol. The molecule has 3 aromatic rings. The van der Waals surface area contributed by atoms with Crippen molar-refractivity contribution in [2.75, 3.05) is 34.0 Å². The van der Waals surface area contributed by atoms with Crippen molar-refractivity contribution in [2.24, 2.45) is 10.9 Å². The van der Waals surface area contributed by atoms with Crippen LogP contribution in [0.15, 0.2) is 75.7 Å². The van der Waals surface area contributed by atoms with Gasteiger partial charge in [0.1, 0.15) is 11.7 Å². The van der Waals surface area contributed by atoms with E-state index in [-0.39, 0.29) is 17.7 Å². The molecule has 0 aliphatic carbocycles. The number of fused-ring (bicyclic) bond motifs is 1. The average molecular weight is 553 g/mol. The Morgan fingerprint density at radius 2 is 1.82 bits per heavy atom. The Morgan fingerprint density at radius 1 is 1.03 bits per heavy atom. The molecule has 1 aromatic heterocycles. The largest absolute Gasteiger partial charge is 0.493 e. The van der Waals surface area contributed by atoms with Crippen LogP contribution in [0.3, 0.4) is 0 Å². The van der Waals surface area contributed by atoms with Crippen LogP contribution in [-0.4, -0.2) is 56.7 Å². The molecule has 2 atom stereocenters. The predicted molar refractivity (Wildman–Crippen MR) is 147 cm³/mol. The minimum atomic E-state index is -0.846. The lowest BCUT2D eigenvalue weighted by atomic mass is 9.75. The summed E-state index contributed by atoms with van der Waals surface area (Å²) in [5.41, 5.74) is 2.23. The molecule has 2 aromatic carbocycles. The van der Waals surface area contributed by atoms with E-state index >= 15 is 0 Å². The van der Waals surface area contributed by atoms with Gasteiger partial charge in [0.15, 0.2) is 0 Å². The number of methoxy groups -OCH3 is 2. The number of hydrogen-bond donors (Lipinski definition) is 1. The number of aromatic nitrogens is 1. The predicted octanol–water partition coefficient (Wildman–Crippen LogP) is 4.44. The van der Waals surface area contributed by atoms with Gasteiger partial charge >= 0.3 is 11.9 Å². The first kappa shape index (κ1) is 28.1. The van der Waals surface area contributed by atoms with Gasteiger partial charge in [-0.3, -0.25) is 14.6 Å². The summed E-state index contributed by atoms with van der Waals surface area (Å²) < 4.78 is 21.8. The van der Waals surface area contributed by atoms with Crippen molar-refractivity contribution in [3.63, 3.8) is 0 Å². The van der Waals surface area contributed by atoms with E-state index in [1.165, 1.54) is 20.3 Å². The lowest BCUT2D eigenvalue weighted by Gasteiger charge is -2.32. The van der Waals surface area contributed by atoms with Crippen LogP contribution < -0.4 is 10.3 Å². The summed E-state index contributed by atoms with van der Waals surface area (Å²) in [5, 5.41) is 1.28. The summed E-state index contributed by atoms with van der Waals surface area (Å²) >= 11 is 6.50. The van der Waals surface area contributed by atoms with Crippen LogP contribution in [-0.2, 0) is 23.8 Å². The van der Waals surface area contributed by atoms with Crippen LogP contribution in [0.4, 0.5) is 0 Å². The molecule has 10 heteroatoms. The number of carbonyl (C=O) groups excluding carboxylic acids is 2. The van der Waals surface area contributed by atoms with E-state index in [1.807, 2.05) is 6.07 Å². The van der Waals surface area contributed by atoms with E-state index in [9.17, 15) is 14.4 Å². The third kappa shape index (κ3) is 6.38. The molecule has 0 radical (unpaired) electrons. The highest BCUT2D eigenvalue weighted by molar-refractivity contribution is 6.31. The van der Waals surface area contributed by atoms with Gasteiger partial charge in [-0.1, -0.05) is 29.8 Å². The molecule has 0 saturated carbocycles. The zero-order valence-corrected chi connectivity index (χ0v) is 22.6. The number of aromatic amines is 1. The van der Waals surface area contributed by atoms with Crippen molar-refractivity contribution >= 4 is 40.2 Å². The minimum Gasteiger partial charge on any atom is -0.493 e. The van der Waals surface area contributed by atoms with Gasteiger partial charge in [0.05, 0.1) is 45.3 Å². The number of nitrogens with one attached hydrogen (secondary N) is 1. The highest BCUT2D eigenvalue weighted by atomic mass is 35.5. The van der Waals surface area contributed by atoms with E-state index in [2.05, 4.69) is 9.98 Å². The summed E-state index contributed by atoms with van der Waals surface area (Å²) in [5.74, 6) is -2.07. The van der Waals surface area contributed by atoms with Gasteiger partial charge in [-0.2, -0.15) is 0 Å². The first-order valence-corrected chi connectivity index (χ1v) is 12.7. The van der Waals surface area contributed by atoms with Crippen molar-refractivity contribution in [3.05, 3.63) is 86.8 Å². The van der Waals surface area contributed by atoms with Crippen LogP contribution >= 0.6 is 11.6 Å². The normalized spacial score (nSPS) is 17.1. The number of pyridine rings is 1. The summed E-state index contributed by atoms with van der Waals surface area (Å²) in [6.45, 7) is 2.48. The fourth-order valence-electron chi connectivity index (χ4n) is 4.63. The molecule has 9 nitrogen and oxygen atoms in total. The third-order valence-electron chi connectivity index (χ3n) is 6.45. The molecule has 0 bridgehead atoms. The number of ether oxygens (including phenoxy) is 4. The Kier molecular flexibility index (Phi) is 9.16. The van der Waals surface area contributed by atoms with Crippen molar-refractivity contribution in [1.29, 1.82) is 0 Å². The maximum Gasteiger partial charge on any atom is 0.336 e. The van der Waals surface area contributed by atoms with Crippen LogP contribution in [0.1, 0.15) is 24.8 Å². The van der Waals surface area contributed by atoms with Crippen molar-refractivity contribution in [2.45, 2.75) is 19.3 Å². The number of carbonyl (C=O) groups is 2. The molecule has 204 valence electrons. The van der Waals surface area contributed by atoms with Gasteiger partial charge in [-0.25, -0.2) is 4.79 Å². The van der Waals surface area contributed by atoms with Crippen LogP contribution in [0.25, 0.3) is 10.9 Å². The van der Waals surface area contributed by atoms with E-state index in [4.69, 9.17) is 30.5 Å². The van der Waals surface area contributed by atoms with Gasteiger partial charge in [0.2, 0.25) is 5.56 Å². The smallest absolute Gasteiger partial charge is 0.336 e. The topological polar surface area (TPSA) is 116 Å². The lowest BCUT2D eigenvalue weighted by molar-refractivity contribution is -0.143. The zero-order chi connectivity index (χ0) is 27.9. The Hall–Kier alpha value is -3.95. The maximum absolute atomic E-state index is 13.0. The maximum atomic E-state index is 13.0. The lowest BCUT2D eigenvalue weighted by Crippen LogP contribution is -2.37. The number of aliphatic imine (C=N–C) groups is 1. The number of halogens is 1. The van der Waals surface area contributed by atoms with Crippen LogP contribution in [0, 0.1) is 5.92 Å². The summed E-state index contributed by atoms with van der Waals surface area (Å²) in [4.78, 5) is 44.6. The number of hydrogen-bond acceptors (Lipinski definition) is 8. The molecule has 2 unspecified atom stereocenters. The van der Waals surface area contributed by atoms with Gasteiger partial charge in [-0.05, 0) is 42.8 Å². The molecule has 4 rings (SSSR count). The number of esters is 2. The quantitative estimate of drug-likeness (QED) is 0.292. The molecular formula is C29H29ClN2O7. The molecule has 39 heavy (non-hydrogen) atoms. The van der Waals surface area contributed by atoms with Crippen LogP contribution in [0.2, 0.25) is 5.02 Å². The Morgan fingerprint density at radius 3 is 2.56 bits per heavy atom. The van der Waals surface area contributed by atoms with E-state index in [0.717, 1.165) is 10.9 Å². The minimum absolute atomic E-state index is 0.0277. The van der Waals surface area contributed by atoms with Gasteiger partial charge < -0.3 is 23.9 Å². The molecule has 1 aliphatic heterocycles. The second kappa shape index (κ2) is 12.7. The highest BCUT2D eigenvalue weighted by Gasteiger charge is 2.43. The van der Waals surface area contributed by atoms with Crippen LogP contribution in [0.5, 0.6) is 5.75 Å². The molecular weight excluding hydrogens is 524 g/mol.